The summed E-state index contributed by atoms with van der Waals surface area (Å²) in [6.45, 7) is 5.76. The van der Waals surface area contributed by atoms with Gasteiger partial charge in [-0.05, 0) is 39.0 Å². The summed E-state index contributed by atoms with van der Waals surface area (Å²) in [6, 6.07) is 18.7. The maximum atomic E-state index is 13.0. The molecule has 1 N–H and O–H groups in total. The highest BCUT2D eigenvalue weighted by Gasteiger charge is 2.54. The van der Waals surface area contributed by atoms with Crippen molar-refractivity contribution < 1.29 is 9.90 Å². The van der Waals surface area contributed by atoms with Crippen LogP contribution < -0.4 is 0 Å². The predicted octanol–water partition coefficient (Wildman–Crippen LogP) is 3.68. The van der Waals surface area contributed by atoms with E-state index in [9.17, 15) is 9.90 Å². The zero-order valence-corrected chi connectivity index (χ0v) is 14.5. The van der Waals surface area contributed by atoms with Crippen LogP contribution in [-0.4, -0.2) is 26.4 Å². The summed E-state index contributed by atoms with van der Waals surface area (Å²) in [6.07, 6.45) is 0. The smallest absolute Gasteiger partial charge is 0.257 e. The number of carbonyl (C=O) groups is 1. The second kappa shape index (κ2) is 5.14. The van der Waals surface area contributed by atoms with E-state index in [0.29, 0.717) is 16.8 Å². The summed E-state index contributed by atoms with van der Waals surface area (Å²) in [4.78, 5) is 19.2. The van der Waals surface area contributed by atoms with Crippen molar-refractivity contribution in [2.45, 2.75) is 32.0 Å². The first-order valence-electron chi connectivity index (χ1n) is 8.36. The van der Waals surface area contributed by atoms with E-state index in [2.05, 4.69) is 4.98 Å². The Kier molecular flexibility index (Phi) is 3.24. The Labute approximate surface area is 146 Å². The molecule has 4 rings (SSSR count). The highest BCUT2D eigenvalue weighted by molar-refractivity contribution is 6.00. The van der Waals surface area contributed by atoms with E-state index in [-0.39, 0.29) is 5.91 Å². The molecular formula is C21H20N2O2. The molecule has 126 valence electrons. The van der Waals surface area contributed by atoms with Crippen molar-refractivity contribution in [3.8, 4) is 0 Å². The lowest BCUT2D eigenvalue weighted by Gasteiger charge is -2.42. The first-order chi connectivity index (χ1) is 11.8. The van der Waals surface area contributed by atoms with Gasteiger partial charge in [0.2, 0.25) is 5.72 Å². The Morgan fingerprint density at radius 1 is 0.960 bits per heavy atom. The van der Waals surface area contributed by atoms with Crippen molar-refractivity contribution in [1.29, 1.82) is 0 Å². The molecule has 1 atom stereocenters. The third-order valence-corrected chi connectivity index (χ3v) is 4.69. The summed E-state index contributed by atoms with van der Waals surface area (Å²) in [5.74, 6) is -0.180. The molecule has 0 unspecified atom stereocenters. The van der Waals surface area contributed by atoms with Crippen molar-refractivity contribution in [2.75, 3.05) is 0 Å². The van der Waals surface area contributed by atoms with Crippen molar-refractivity contribution >= 4 is 16.8 Å². The van der Waals surface area contributed by atoms with Gasteiger partial charge in [0.15, 0.2) is 0 Å². The van der Waals surface area contributed by atoms with E-state index in [4.69, 9.17) is 0 Å². The summed E-state index contributed by atoms with van der Waals surface area (Å²) >= 11 is 0. The number of pyridine rings is 1. The minimum atomic E-state index is -1.59. The molecule has 1 aliphatic rings. The monoisotopic (exact) mass is 332 g/mol. The van der Waals surface area contributed by atoms with E-state index in [1.807, 2.05) is 63.2 Å². The van der Waals surface area contributed by atoms with Crippen molar-refractivity contribution in [2.24, 2.45) is 0 Å². The van der Waals surface area contributed by atoms with Crippen LogP contribution >= 0.6 is 0 Å². The molecule has 25 heavy (non-hydrogen) atoms. The number of hydrogen-bond donors (Lipinski definition) is 1. The first kappa shape index (κ1) is 15.8. The van der Waals surface area contributed by atoms with E-state index in [1.165, 1.54) is 4.90 Å². The fourth-order valence-corrected chi connectivity index (χ4v) is 3.66. The van der Waals surface area contributed by atoms with Gasteiger partial charge in [0.05, 0.1) is 11.2 Å². The fraction of sp³-hybridized carbons (Fsp3) is 0.238. The average molecular weight is 332 g/mol. The number of rotatable bonds is 1. The molecule has 0 radical (unpaired) electrons. The van der Waals surface area contributed by atoms with E-state index in [1.54, 1.807) is 18.2 Å². The third-order valence-electron chi connectivity index (χ3n) is 4.69. The largest absolute Gasteiger partial charge is 0.362 e. The zero-order chi connectivity index (χ0) is 17.8. The number of carbonyl (C=O) groups excluding carboxylic acids is 1. The highest BCUT2D eigenvalue weighted by Crippen LogP contribution is 2.45. The molecule has 0 aliphatic carbocycles. The van der Waals surface area contributed by atoms with Gasteiger partial charge in [0.1, 0.15) is 0 Å². The quantitative estimate of drug-likeness (QED) is 0.739. The molecule has 0 bridgehead atoms. The number of hydrogen-bond acceptors (Lipinski definition) is 3. The van der Waals surface area contributed by atoms with Crippen molar-refractivity contribution in [1.82, 2.24) is 9.88 Å². The number of para-hydroxylation sites is 1. The molecule has 0 saturated carbocycles. The molecule has 0 saturated heterocycles. The van der Waals surface area contributed by atoms with Crippen LogP contribution in [0.5, 0.6) is 0 Å². The number of fused-ring (bicyclic) bond motifs is 2. The Morgan fingerprint density at radius 3 is 2.40 bits per heavy atom. The second-order valence-corrected chi connectivity index (χ2v) is 7.42. The zero-order valence-electron chi connectivity index (χ0n) is 14.5. The van der Waals surface area contributed by atoms with Crippen LogP contribution in [0.3, 0.4) is 0 Å². The van der Waals surface area contributed by atoms with Crippen molar-refractivity contribution in [3.63, 3.8) is 0 Å². The molecule has 1 aliphatic heterocycles. The number of aliphatic hydroxyl groups is 1. The number of nitrogens with zero attached hydrogens (tertiary/aromatic N) is 2. The Bertz CT molecular complexity index is 990. The lowest BCUT2D eigenvalue weighted by atomic mass is 9.94. The maximum Gasteiger partial charge on any atom is 0.257 e. The molecule has 2 aromatic carbocycles. The normalized spacial score (nSPS) is 20.2. The summed E-state index contributed by atoms with van der Waals surface area (Å²) in [5.41, 5.74) is 0.194. The van der Waals surface area contributed by atoms with Crippen LogP contribution in [0.25, 0.3) is 10.9 Å². The van der Waals surface area contributed by atoms with Crippen LogP contribution in [-0.2, 0) is 5.72 Å². The Morgan fingerprint density at radius 2 is 1.64 bits per heavy atom. The van der Waals surface area contributed by atoms with Gasteiger partial charge in [0, 0.05) is 22.1 Å². The number of benzene rings is 2. The standard InChI is InChI=1S/C21H20N2O2/c1-20(2,3)23-19(24)15-9-5-6-10-16(15)21(23,25)18-13-12-14-8-4-7-11-17(14)22-18/h4-13,25H,1-3H3/t21-/m1/s1. The van der Waals surface area contributed by atoms with E-state index < -0.39 is 11.3 Å². The minimum absolute atomic E-state index is 0.180. The third kappa shape index (κ3) is 2.18. The second-order valence-electron chi connectivity index (χ2n) is 7.42. The molecule has 1 aromatic heterocycles. The van der Waals surface area contributed by atoms with E-state index in [0.717, 1.165) is 10.9 Å². The van der Waals surface area contributed by atoms with Gasteiger partial charge in [0.25, 0.3) is 5.91 Å². The minimum Gasteiger partial charge on any atom is -0.362 e. The topological polar surface area (TPSA) is 53.4 Å². The fourth-order valence-electron chi connectivity index (χ4n) is 3.66. The van der Waals surface area contributed by atoms with Crippen LogP contribution in [0.2, 0.25) is 0 Å². The summed E-state index contributed by atoms with van der Waals surface area (Å²) in [7, 11) is 0. The average Bonchev–Trinajstić information content (AvgIpc) is 2.83. The summed E-state index contributed by atoms with van der Waals surface area (Å²) < 4.78 is 0. The molecule has 4 nitrogen and oxygen atoms in total. The maximum absolute atomic E-state index is 13.0. The van der Waals surface area contributed by atoms with Gasteiger partial charge in [-0.3, -0.25) is 9.69 Å². The van der Waals surface area contributed by atoms with Gasteiger partial charge in [-0.2, -0.15) is 0 Å². The molecule has 0 spiro atoms. The number of amides is 1. The molecular weight excluding hydrogens is 312 g/mol. The van der Waals surface area contributed by atoms with Crippen molar-refractivity contribution in [3.05, 3.63) is 77.5 Å². The highest BCUT2D eigenvalue weighted by atomic mass is 16.3. The van der Waals surface area contributed by atoms with Crippen LogP contribution in [0.4, 0.5) is 0 Å². The first-order valence-corrected chi connectivity index (χ1v) is 8.36. The molecule has 4 heteroatoms. The lowest BCUT2D eigenvalue weighted by Crippen LogP contribution is -2.54. The molecule has 0 fully saturated rings. The van der Waals surface area contributed by atoms with Gasteiger partial charge in [-0.15, -0.1) is 0 Å². The van der Waals surface area contributed by atoms with Crippen LogP contribution in [0, 0.1) is 0 Å². The SMILES string of the molecule is CC(C)(C)N1C(=O)c2ccccc2[C@@]1(O)c1ccc2ccccc2n1. The molecule has 3 aromatic rings. The van der Waals surface area contributed by atoms with Crippen LogP contribution in [0.1, 0.15) is 42.4 Å². The Hall–Kier alpha value is -2.72. The predicted molar refractivity (Wildman–Crippen MR) is 97.1 cm³/mol. The Balaban J connectivity index is 2.01. The van der Waals surface area contributed by atoms with Crippen LogP contribution in [0.15, 0.2) is 60.7 Å². The lowest BCUT2D eigenvalue weighted by molar-refractivity contribution is -0.0902. The van der Waals surface area contributed by atoms with Gasteiger partial charge in [-0.1, -0.05) is 42.5 Å². The van der Waals surface area contributed by atoms with E-state index >= 15 is 0 Å². The summed E-state index contributed by atoms with van der Waals surface area (Å²) in [5, 5.41) is 12.8. The molecule has 1 amide bonds. The van der Waals surface area contributed by atoms with Gasteiger partial charge < -0.3 is 5.11 Å². The number of aromatic nitrogens is 1. The molecule has 2 heterocycles. The van der Waals surface area contributed by atoms with Gasteiger partial charge in [-0.25, -0.2) is 4.98 Å². The van der Waals surface area contributed by atoms with Gasteiger partial charge >= 0.3 is 0 Å².